The summed E-state index contributed by atoms with van der Waals surface area (Å²) in [5, 5.41) is 6.92. The van der Waals surface area contributed by atoms with Crippen LogP contribution in [0.1, 0.15) is 0 Å². The number of nitrogens with zero attached hydrogens (tertiary/aromatic N) is 3. The van der Waals surface area contributed by atoms with E-state index in [4.69, 9.17) is 11.6 Å². The van der Waals surface area contributed by atoms with Gasteiger partial charge in [-0.2, -0.15) is 4.39 Å². The molecule has 2 rings (SSSR count). The van der Waals surface area contributed by atoms with E-state index in [1.165, 1.54) is 12.1 Å². The molecule has 0 saturated heterocycles. The van der Waals surface area contributed by atoms with Gasteiger partial charge in [-0.05, 0) is 11.6 Å². The van der Waals surface area contributed by atoms with Crippen molar-refractivity contribution in [3.05, 3.63) is 0 Å². The van der Waals surface area contributed by atoms with Gasteiger partial charge in [0.2, 0.25) is 5.97 Å². The average molecular weight is 205 g/mol. The Morgan fingerprint density at radius 1 is 1.69 bits per heavy atom. The van der Waals surface area contributed by atoms with Gasteiger partial charge in [0.05, 0.1) is 0 Å². The summed E-state index contributed by atoms with van der Waals surface area (Å²) in [5.41, 5.74) is 0. The van der Waals surface area contributed by atoms with Crippen molar-refractivity contribution in [1.82, 2.24) is 10.3 Å². The second-order valence-electron chi connectivity index (χ2n) is 2.80. The zero-order valence-electron chi connectivity index (χ0n) is 6.66. The number of carbonyl (C=O) groups is 1. The highest BCUT2D eigenvalue weighted by molar-refractivity contribution is 6.66. The summed E-state index contributed by atoms with van der Waals surface area (Å²) in [6, 6.07) is -1.59. The molecule has 1 N–H and O–H groups in total. The summed E-state index contributed by atoms with van der Waals surface area (Å²) >= 11 is 5.47. The largest absolute Gasteiger partial charge is 0.299 e. The van der Waals surface area contributed by atoms with Gasteiger partial charge in [0.25, 0.3) is 5.91 Å². The molecule has 0 radical (unpaired) electrons. The molecular formula is C6H6ClFN4O. The summed E-state index contributed by atoms with van der Waals surface area (Å²) < 4.78 is 13.0. The molecule has 0 aromatic carbocycles. The van der Waals surface area contributed by atoms with Crippen LogP contribution < -0.4 is 5.32 Å². The van der Waals surface area contributed by atoms with Crippen LogP contribution in [-0.4, -0.2) is 41.3 Å². The number of hydrogen-bond donors (Lipinski definition) is 1. The number of carbonyl (C=O) groups excluding carboxylic acids is 1. The molecule has 2 heterocycles. The summed E-state index contributed by atoms with van der Waals surface area (Å²) in [6.07, 6.45) is 0. The molecule has 0 aromatic heterocycles. The third kappa shape index (κ3) is 1.17. The number of hydrazone groups is 1. The normalized spacial score (nSPS) is 32.2. The Morgan fingerprint density at radius 2 is 2.38 bits per heavy atom. The molecule has 0 aromatic rings. The van der Waals surface area contributed by atoms with Crippen LogP contribution in [0.2, 0.25) is 0 Å². The minimum absolute atomic E-state index is 0.0908. The highest BCUT2D eigenvalue weighted by Crippen LogP contribution is 2.21. The number of amides is 1. The van der Waals surface area contributed by atoms with E-state index in [9.17, 15) is 9.18 Å². The fourth-order valence-corrected chi connectivity index (χ4v) is 1.57. The van der Waals surface area contributed by atoms with E-state index in [1.54, 1.807) is 0 Å². The number of nitrogens with one attached hydrogen (secondary N) is 1. The van der Waals surface area contributed by atoms with Crippen molar-refractivity contribution in [2.75, 3.05) is 7.05 Å². The van der Waals surface area contributed by atoms with E-state index in [0.29, 0.717) is 0 Å². The van der Waals surface area contributed by atoms with E-state index >= 15 is 0 Å². The van der Waals surface area contributed by atoms with E-state index in [-0.39, 0.29) is 11.2 Å². The quantitative estimate of drug-likeness (QED) is 0.550. The first kappa shape index (κ1) is 8.43. The van der Waals surface area contributed by atoms with Crippen molar-refractivity contribution in [2.45, 2.75) is 12.1 Å². The van der Waals surface area contributed by atoms with Crippen molar-refractivity contribution in [2.24, 2.45) is 10.1 Å². The van der Waals surface area contributed by atoms with Crippen LogP contribution in [0.3, 0.4) is 0 Å². The molecule has 2 aliphatic heterocycles. The Labute approximate surface area is 78.3 Å². The lowest BCUT2D eigenvalue weighted by molar-refractivity contribution is -0.124. The molecule has 0 fully saturated rings. The molecule has 0 aliphatic carbocycles. The monoisotopic (exact) mass is 204 g/mol. The fraction of sp³-hybridized carbons (Fsp3) is 0.500. The van der Waals surface area contributed by atoms with Crippen molar-refractivity contribution in [3.63, 3.8) is 0 Å². The third-order valence-corrected chi connectivity index (χ3v) is 2.14. The smallest absolute Gasteiger partial charge is 0.253 e. The van der Waals surface area contributed by atoms with Crippen LogP contribution in [0.4, 0.5) is 4.39 Å². The Balaban J connectivity index is 2.37. The summed E-state index contributed by atoms with van der Waals surface area (Å²) in [6.45, 7) is 0. The number of rotatable bonds is 0. The average Bonchev–Trinajstić information content (AvgIpc) is 2.27. The van der Waals surface area contributed by atoms with Gasteiger partial charge in [-0.3, -0.25) is 15.1 Å². The van der Waals surface area contributed by atoms with Gasteiger partial charge >= 0.3 is 0 Å². The van der Waals surface area contributed by atoms with Crippen LogP contribution in [-0.2, 0) is 4.79 Å². The Kier molecular flexibility index (Phi) is 1.73. The van der Waals surface area contributed by atoms with E-state index in [1.807, 2.05) is 0 Å². The van der Waals surface area contributed by atoms with Crippen LogP contribution in [0, 0.1) is 0 Å². The second kappa shape index (κ2) is 2.66. The van der Waals surface area contributed by atoms with Crippen molar-refractivity contribution in [3.8, 4) is 0 Å². The topological polar surface area (TPSA) is 57.1 Å². The predicted molar refractivity (Wildman–Crippen MR) is 45.3 cm³/mol. The van der Waals surface area contributed by atoms with Crippen molar-refractivity contribution >= 4 is 28.8 Å². The molecule has 1 amide bonds. The zero-order valence-corrected chi connectivity index (χ0v) is 7.42. The number of amidine groups is 1. The maximum Gasteiger partial charge on any atom is 0.253 e. The highest BCUT2D eigenvalue weighted by Gasteiger charge is 2.44. The summed E-state index contributed by atoms with van der Waals surface area (Å²) in [7, 11) is 1.51. The first-order valence-electron chi connectivity index (χ1n) is 3.60. The lowest BCUT2D eigenvalue weighted by Gasteiger charge is -2.24. The number of halogens is 2. The zero-order chi connectivity index (χ0) is 9.59. The standard InChI is InChI=1S/C6H6ClFN4O/c1-12-3-2(4(8)11-12)9-6(7)10-5(3)13/h2-3H,1H3,(H,9,10,13). The minimum atomic E-state index is -0.883. The number of hydrogen-bond acceptors (Lipinski definition) is 4. The molecule has 0 bridgehead atoms. The van der Waals surface area contributed by atoms with E-state index < -0.39 is 18.0 Å². The van der Waals surface area contributed by atoms with Gasteiger partial charge in [-0.15, -0.1) is 5.10 Å². The second-order valence-corrected chi connectivity index (χ2v) is 3.15. The van der Waals surface area contributed by atoms with Crippen molar-refractivity contribution < 1.29 is 9.18 Å². The fourth-order valence-electron chi connectivity index (χ4n) is 1.37. The Morgan fingerprint density at radius 3 is 3.08 bits per heavy atom. The van der Waals surface area contributed by atoms with Gasteiger partial charge in [0.15, 0.2) is 17.4 Å². The summed E-state index contributed by atoms with van der Waals surface area (Å²) in [4.78, 5) is 15.0. The molecule has 2 atom stereocenters. The molecule has 70 valence electrons. The molecule has 13 heavy (non-hydrogen) atoms. The molecule has 0 spiro atoms. The van der Waals surface area contributed by atoms with E-state index in [2.05, 4.69) is 15.4 Å². The van der Waals surface area contributed by atoms with Gasteiger partial charge in [-0.1, -0.05) is 0 Å². The molecular weight excluding hydrogens is 199 g/mol. The maximum absolute atomic E-state index is 13.0. The van der Waals surface area contributed by atoms with Crippen LogP contribution >= 0.6 is 11.6 Å². The Hall–Kier alpha value is -1.17. The van der Waals surface area contributed by atoms with Gasteiger partial charge in [0, 0.05) is 7.05 Å². The predicted octanol–water partition coefficient (Wildman–Crippen LogP) is -0.323. The summed E-state index contributed by atoms with van der Waals surface area (Å²) in [5.74, 6) is -1.07. The molecule has 0 saturated carbocycles. The lowest BCUT2D eigenvalue weighted by atomic mass is 10.1. The SMILES string of the molecule is CN1N=C(F)C2N=C(Cl)NC(=O)C21. The Bertz CT molecular complexity index is 329. The number of fused-ring (bicyclic) bond motifs is 1. The molecule has 2 unspecified atom stereocenters. The first-order valence-corrected chi connectivity index (χ1v) is 3.98. The van der Waals surface area contributed by atoms with Crippen LogP contribution in [0.25, 0.3) is 0 Å². The highest BCUT2D eigenvalue weighted by atomic mass is 35.5. The van der Waals surface area contributed by atoms with E-state index in [0.717, 1.165) is 0 Å². The minimum Gasteiger partial charge on any atom is -0.299 e. The van der Waals surface area contributed by atoms with Gasteiger partial charge in [0.1, 0.15) is 0 Å². The van der Waals surface area contributed by atoms with Crippen LogP contribution in [0.15, 0.2) is 10.1 Å². The molecule has 5 nitrogen and oxygen atoms in total. The van der Waals surface area contributed by atoms with Gasteiger partial charge in [-0.25, -0.2) is 4.99 Å². The number of likely N-dealkylation sites (N-methyl/N-ethyl adjacent to an activating group) is 1. The maximum atomic E-state index is 13.0. The molecule has 2 aliphatic rings. The van der Waals surface area contributed by atoms with Gasteiger partial charge < -0.3 is 0 Å². The lowest BCUT2D eigenvalue weighted by Crippen LogP contribution is -2.52. The third-order valence-electron chi connectivity index (χ3n) is 1.95. The van der Waals surface area contributed by atoms with Crippen molar-refractivity contribution in [1.29, 1.82) is 0 Å². The number of aliphatic imine (C=N–C) groups is 1. The first-order chi connectivity index (χ1) is 6.09. The molecule has 7 heteroatoms. The van der Waals surface area contributed by atoms with Crippen LogP contribution in [0.5, 0.6) is 0 Å².